The first-order chi connectivity index (χ1) is 14.5. The molecule has 0 spiro atoms. The second kappa shape index (κ2) is 8.93. The number of morpholine rings is 1. The molecule has 1 saturated heterocycles. The maximum absolute atomic E-state index is 13.2. The number of hydrogen-bond donors (Lipinski definition) is 1. The Bertz CT molecular complexity index is 895. The average Bonchev–Trinajstić information content (AvgIpc) is 2.98. The summed E-state index contributed by atoms with van der Waals surface area (Å²) < 4.78 is 16.5. The standard InChI is InChI=1S/C21H27N5O4/c1-13-11-26(12-14(2)30-13)19-10-16(15-6-8-29-9-7-17(15)22-19)21(27)23-18-4-5-20(28-3)25-24-18/h4-5,10,13-14H,6-9,11-12H2,1-3H3,(H,23,24,27). The summed E-state index contributed by atoms with van der Waals surface area (Å²) in [6.07, 6.45) is 1.53. The third-order valence-electron chi connectivity index (χ3n) is 5.26. The molecule has 2 aromatic rings. The van der Waals surface area contributed by atoms with Gasteiger partial charge in [0.2, 0.25) is 5.88 Å². The molecule has 2 aromatic heterocycles. The van der Waals surface area contributed by atoms with Crippen LogP contribution in [0.5, 0.6) is 5.88 Å². The molecule has 2 unspecified atom stereocenters. The summed E-state index contributed by atoms with van der Waals surface area (Å²) >= 11 is 0. The predicted octanol–water partition coefficient (Wildman–Crippen LogP) is 1.86. The Balaban J connectivity index is 1.66. The number of ether oxygens (including phenoxy) is 3. The molecule has 4 heterocycles. The molecule has 9 nitrogen and oxygen atoms in total. The van der Waals surface area contributed by atoms with Gasteiger partial charge in [0.05, 0.1) is 32.5 Å². The Labute approximate surface area is 175 Å². The van der Waals surface area contributed by atoms with Crippen LogP contribution in [0.25, 0.3) is 0 Å². The van der Waals surface area contributed by atoms with E-state index in [1.807, 2.05) is 6.07 Å². The second-order valence-electron chi connectivity index (χ2n) is 7.64. The molecular formula is C21H27N5O4. The first kappa shape index (κ1) is 20.5. The van der Waals surface area contributed by atoms with E-state index in [0.29, 0.717) is 43.3 Å². The summed E-state index contributed by atoms with van der Waals surface area (Å²) in [4.78, 5) is 20.3. The van der Waals surface area contributed by atoms with Crippen molar-refractivity contribution in [3.05, 3.63) is 35.0 Å². The van der Waals surface area contributed by atoms with Gasteiger partial charge in [-0.1, -0.05) is 0 Å². The molecule has 0 bridgehead atoms. The minimum absolute atomic E-state index is 0.101. The first-order valence-corrected chi connectivity index (χ1v) is 10.2. The number of carbonyl (C=O) groups is 1. The predicted molar refractivity (Wildman–Crippen MR) is 111 cm³/mol. The Morgan fingerprint density at radius 3 is 2.63 bits per heavy atom. The van der Waals surface area contributed by atoms with E-state index in [9.17, 15) is 4.79 Å². The van der Waals surface area contributed by atoms with Crippen molar-refractivity contribution < 1.29 is 19.0 Å². The van der Waals surface area contributed by atoms with Crippen LogP contribution >= 0.6 is 0 Å². The van der Waals surface area contributed by atoms with Crippen LogP contribution in [0.1, 0.15) is 35.5 Å². The van der Waals surface area contributed by atoms with Gasteiger partial charge in [-0.3, -0.25) is 4.79 Å². The van der Waals surface area contributed by atoms with Crippen molar-refractivity contribution in [1.29, 1.82) is 0 Å². The first-order valence-electron chi connectivity index (χ1n) is 10.2. The van der Waals surface area contributed by atoms with E-state index < -0.39 is 0 Å². The number of nitrogens with zero attached hydrogens (tertiary/aromatic N) is 4. The molecule has 2 aliphatic rings. The molecule has 1 N–H and O–H groups in total. The van der Waals surface area contributed by atoms with Crippen LogP contribution in [-0.4, -0.2) is 66.7 Å². The molecular weight excluding hydrogens is 386 g/mol. The third kappa shape index (κ3) is 4.52. The van der Waals surface area contributed by atoms with E-state index >= 15 is 0 Å². The molecule has 0 saturated carbocycles. The molecule has 1 fully saturated rings. The molecule has 30 heavy (non-hydrogen) atoms. The number of methoxy groups -OCH3 is 1. The van der Waals surface area contributed by atoms with Gasteiger partial charge in [-0.2, -0.15) is 0 Å². The van der Waals surface area contributed by atoms with Crippen molar-refractivity contribution in [1.82, 2.24) is 15.2 Å². The summed E-state index contributed by atoms with van der Waals surface area (Å²) in [6, 6.07) is 5.20. The molecule has 2 atom stereocenters. The van der Waals surface area contributed by atoms with Crippen LogP contribution < -0.4 is 15.0 Å². The third-order valence-corrected chi connectivity index (χ3v) is 5.26. The van der Waals surface area contributed by atoms with E-state index in [2.05, 4.69) is 34.3 Å². The molecule has 160 valence electrons. The zero-order valence-electron chi connectivity index (χ0n) is 17.6. The zero-order valence-corrected chi connectivity index (χ0v) is 17.6. The van der Waals surface area contributed by atoms with E-state index in [-0.39, 0.29) is 18.1 Å². The molecule has 4 rings (SSSR count). The van der Waals surface area contributed by atoms with E-state index in [1.165, 1.54) is 7.11 Å². The van der Waals surface area contributed by atoms with Crippen LogP contribution in [0, 0.1) is 0 Å². The highest BCUT2D eigenvalue weighted by molar-refractivity contribution is 6.05. The van der Waals surface area contributed by atoms with E-state index in [1.54, 1.807) is 12.1 Å². The minimum atomic E-state index is -0.231. The highest BCUT2D eigenvalue weighted by atomic mass is 16.5. The number of amides is 1. The lowest BCUT2D eigenvalue weighted by Gasteiger charge is -2.36. The molecule has 9 heteroatoms. The minimum Gasteiger partial charge on any atom is -0.480 e. The molecule has 0 radical (unpaired) electrons. The van der Waals surface area contributed by atoms with Gasteiger partial charge < -0.3 is 24.4 Å². The van der Waals surface area contributed by atoms with Crippen molar-refractivity contribution in [2.24, 2.45) is 0 Å². The molecule has 0 aromatic carbocycles. The van der Waals surface area contributed by atoms with E-state index in [0.717, 1.165) is 30.2 Å². The number of nitrogens with one attached hydrogen (secondary N) is 1. The number of anilines is 2. The molecule has 1 amide bonds. The van der Waals surface area contributed by atoms with Gasteiger partial charge in [-0.15, -0.1) is 10.2 Å². The number of rotatable bonds is 4. The number of aromatic nitrogens is 3. The number of pyridine rings is 1. The highest BCUT2D eigenvalue weighted by Crippen LogP contribution is 2.26. The van der Waals surface area contributed by atoms with Crippen LogP contribution in [0.4, 0.5) is 11.6 Å². The summed E-state index contributed by atoms with van der Waals surface area (Å²) in [5.41, 5.74) is 2.46. The topological polar surface area (TPSA) is 98.7 Å². The fourth-order valence-electron chi connectivity index (χ4n) is 3.95. The summed E-state index contributed by atoms with van der Waals surface area (Å²) in [5.74, 6) is 1.32. The highest BCUT2D eigenvalue weighted by Gasteiger charge is 2.27. The second-order valence-corrected chi connectivity index (χ2v) is 7.64. The van der Waals surface area contributed by atoms with Crippen molar-refractivity contribution in [2.75, 3.05) is 43.6 Å². The fraction of sp³-hybridized carbons (Fsp3) is 0.524. The van der Waals surface area contributed by atoms with Gasteiger partial charge in [-0.05, 0) is 38.0 Å². The molecule has 2 aliphatic heterocycles. The Hall–Kier alpha value is -2.78. The quantitative estimate of drug-likeness (QED) is 0.811. The van der Waals surface area contributed by atoms with E-state index in [4.69, 9.17) is 19.2 Å². The molecule has 0 aliphatic carbocycles. The number of carbonyl (C=O) groups excluding carboxylic acids is 1. The van der Waals surface area contributed by atoms with Crippen molar-refractivity contribution in [3.8, 4) is 5.88 Å². The van der Waals surface area contributed by atoms with Gasteiger partial charge in [0, 0.05) is 36.8 Å². The lowest BCUT2D eigenvalue weighted by Crippen LogP contribution is -2.46. The largest absolute Gasteiger partial charge is 0.480 e. The maximum Gasteiger partial charge on any atom is 0.257 e. The van der Waals surface area contributed by atoms with Gasteiger partial charge >= 0.3 is 0 Å². The SMILES string of the molecule is COc1ccc(NC(=O)c2cc(N3CC(C)OC(C)C3)nc3c2CCOCC3)nn1. The summed E-state index contributed by atoms with van der Waals surface area (Å²) in [5, 5.41) is 10.8. The average molecular weight is 413 g/mol. The van der Waals surface area contributed by atoms with Crippen molar-refractivity contribution in [2.45, 2.75) is 38.9 Å². The number of fused-ring (bicyclic) bond motifs is 1. The zero-order chi connectivity index (χ0) is 21.1. The summed E-state index contributed by atoms with van der Waals surface area (Å²) in [6.45, 7) is 6.74. The van der Waals surface area contributed by atoms with Crippen LogP contribution in [0.15, 0.2) is 18.2 Å². The monoisotopic (exact) mass is 413 g/mol. The maximum atomic E-state index is 13.2. The Morgan fingerprint density at radius 2 is 1.93 bits per heavy atom. The van der Waals surface area contributed by atoms with Gasteiger partial charge in [0.1, 0.15) is 5.82 Å². The van der Waals surface area contributed by atoms with Gasteiger partial charge in [0.15, 0.2) is 5.82 Å². The normalized spacial score (nSPS) is 21.5. The lowest BCUT2D eigenvalue weighted by molar-refractivity contribution is -0.00547. The Kier molecular flexibility index (Phi) is 6.10. The van der Waals surface area contributed by atoms with Crippen LogP contribution in [0.2, 0.25) is 0 Å². The number of hydrogen-bond acceptors (Lipinski definition) is 8. The van der Waals surface area contributed by atoms with Gasteiger partial charge in [0.25, 0.3) is 5.91 Å². The smallest absolute Gasteiger partial charge is 0.257 e. The van der Waals surface area contributed by atoms with Gasteiger partial charge in [-0.25, -0.2) is 4.98 Å². The van der Waals surface area contributed by atoms with Crippen LogP contribution in [-0.2, 0) is 22.3 Å². The Morgan fingerprint density at radius 1 is 1.17 bits per heavy atom. The van der Waals surface area contributed by atoms with Crippen molar-refractivity contribution in [3.63, 3.8) is 0 Å². The van der Waals surface area contributed by atoms with Crippen LogP contribution in [0.3, 0.4) is 0 Å². The lowest BCUT2D eigenvalue weighted by atomic mass is 10.0. The van der Waals surface area contributed by atoms with Crippen molar-refractivity contribution >= 4 is 17.5 Å². The summed E-state index contributed by atoms with van der Waals surface area (Å²) in [7, 11) is 1.52. The fourth-order valence-corrected chi connectivity index (χ4v) is 3.95.